The first kappa shape index (κ1) is 13.9. The summed E-state index contributed by atoms with van der Waals surface area (Å²) in [7, 11) is 0. The van der Waals surface area contributed by atoms with E-state index in [0.717, 1.165) is 11.6 Å². The number of hydrogen-bond donors (Lipinski definition) is 0. The molecule has 0 bridgehead atoms. The van der Waals surface area contributed by atoms with Crippen LogP contribution in [0.3, 0.4) is 0 Å². The van der Waals surface area contributed by atoms with Gasteiger partial charge in [0, 0.05) is 5.56 Å². The van der Waals surface area contributed by atoms with E-state index in [1.54, 1.807) is 0 Å². The zero-order valence-electron chi connectivity index (χ0n) is 11.4. The van der Waals surface area contributed by atoms with Crippen molar-refractivity contribution >= 4 is 17.2 Å². The summed E-state index contributed by atoms with van der Waals surface area (Å²) in [6, 6.07) is 13.1. The monoisotopic (exact) mass is 298 g/mol. The van der Waals surface area contributed by atoms with Crippen molar-refractivity contribution in [2.24, 2.45) is 0 Å². The second-order valence-corrected chi connectivity index (χ2v) is 4.87. The van der Waals surface area contributed by atoms with Gasteiger partial charge in [-0.3, -0.25) is 14.9 Å². The molecular weight excluding hydrogens is 287 g/mol. The molecule has 0 atom stereocenters. The van der Waals surface area contributed by atoms with Gasteiger partial charge in [-0.25, -0.2) is 4.39 Å². The maximum Gasteiger partial charge on any atom is 0.265 e. The highest BCUT2D eigenvalue weighted by atomic mass is 19.1. The Balaban J connectivity index is 2.06. The highest BCUT2D eigenvalue weighted by Gasteiger charge is 2.34. The minimum Gasteiger partial charge on any atom is -0.303 e. The van der Waals surface area contributed by atoms with Crippen LogP contribution in [-0.4, -0.2) is 10.8 Å². The lowest BCUT2D eigenvalue weighted by Gasteiger charge is -2.17. The second kappa shape index (κ2) is 5.40. The predicted octanol–water partition coefficient (Wildman–Crippen LogP) is 2.99. The smallest absolute Gasteiger partial charge is 0.265 e. The van der Waals surface area contributed by atoms with Crippen molar-refractivity contribution in [3.05, 3.63) is 81.8 Å². The van der Waals surface area contributed by atoms with Gasteiger partial charge in [-0.1, -0.05) is 30.3 Å². The zero-order valence-corrected chi connectivity index (χ0v) is 11.4. The van der Waals surface area contributed by atoms with Crippen LogP contribution < -0.4 is 4.90 Å². The van der Waals surface area contributed by atoms with E-state index >= 15 is 0 Å². The first-order valence-electron chi connectivity index (χ1n) is 6.57. The van der Waals surface area contributed by atoms with Gasteiger partial charge in [0.15, 0.2) is 0 Å². The number of carbonyl (C=O) groups excluding carboxylic acids is 1. The fraction of sp³-hybridized carbons (Fsp3) is 0.0625. The van der Waals surface area contributed by atoms with Crippen LogP contribution in [0.5, 0.6) is 0 Å². The van der Waals surface area contributed by atoms with Gasteiger partial charge < -0.3 is 4.90 Å². The minimum atomic E-state index is -0.700. The fourth-order valence-electron chi connectivity index (χ4n) is 2.48. The first-order chi connectivity index (χ1) is 10.6. The Bertz CT molecular complexity index is 787. The van der Waals surface area contributed by atoms with E-state index in [4.69, 9.17) is 0 Å². The molecule has 1 amide bonds. The Labute approximate surface area is 125 Å². The van der Waals surface area contributed by atoms with Gasteiger partial charge in [-0.15, -0.1) is 0 Å². The summed E-state index contributed by atoms with van der Waals surface area (Å²) in [6.07, 6.45) is 0.631. The van der Waals surface area contributed by atoms with Crippen LogP contribution in [0.2, 0.25) is 0 Å². The Morgan fingerprint density at radius 2 is 1.91 bits per heavy atom. The quantitative estimate of drug-likeness (QED) is 0.497. The molecule has 5 nitrogen and oxygen atoms in total. The van der Waals surface area contributed by atoms with Gasteiger partial charge in [0.1, 0.15) is 11.4 Å². The van der Waals surface area contributed by atoms with Crippen LogP contribution >= 0.6 is 0 Å². The number of hydrogen-bond acceptors (Lipinski definition) is 3. The Morgan fingerprint density at radius 3 is 2.59 bits per heavy atom. The van der Waals surface area contributed by atoms with E-state index in [0.29, 0.717) is 11.9 Å². The summed E-state index contributed by atoms with van der Waals surface area (Å²) in [5.41, 5.74) is 1.50. The Kier molecular flexibility index (Phi) is 3.42. The molecule has 0 aliphatic carbocycles. The molecule has 0 aromatic heterocycles. The molecule has 0 fully saturated rings. The van der Waals surface area contributed by atoms with E-state index in [1.807, 2.05) is 30.3 Å². The molecule has 1 aliphatic heterocycles. The molecule has 0 N–H and O–H groups in total. The number of rotatable bonds is 3. The average Bonchev–Trinajstić information content (AvgIpc) is 2.73. The Morgan fingerprint density at radius 1 is 1.18 bits per heavy atom. The summed E-state index contributed by atoms with van der Waals surface area (Å²) in [4.78, 5) is 23.9. The molecule has 1 aliphatic rings. The van der Waals surface area contributed by atoms with Crippen molar-refractivity contribution in [1.82, 2.24) is 0 Å². The summed E-state index contributed by atoms with van der Waals surface area (Å²) in [5.74, 6) is -1.04. The number of benzene rings is 2. The van der Waals surface area contributed by atoms with Crippen molar-refractivity contribution in [2.75, 3.05) is 4.90 Å². The number of carbonyl (C=O) groups is 1. The maximum absolute atomic E-state index is 13.4. The van der Waals surface area contributed by atoms with Crippen LogP contribution in [0, 0.1) is 15.9 Å². The van der Waals surface area contributed by atoms with Gasteiger partial charge in [0.2, 0.25) is 6.20 Å². The van der Waals surface area contributed by atoms with E-state index in [2.05, 4.69) is 0 Å². The third kappa shape index (κ3) is 2.46. The minimum absolute atomic E-state index is 0.101. The summed E-state index contributed by atoms with van der Waals surface area (Å²) < 4.78 is 13.4. The van der Waals surface area contributed by atoms with E-state index in [9.17, 15) is 19.3 Å². The topological polar surface area (TPSA) is 63.4 Å². The van der Waals surface area contributed by atoms with E-state index < -0.39 is 16.6 Å². The highest BCUT2D eigenvalue weighted by molar-refractivity contribution is 6.32. The standard InChI is InChI=1S/C16H11FN2O3/c17-12-6-7-15-13(8-12)14(10-19(21)22)16(20)18(15)9-11-4-2-1-3-5-11/h1-8,10H,9H2/b14-10+. The number of nitrogens with zero attached hydrogens (tertiary/aromatic N) is 2. The lowest BCUT2D eigenvalue weighted by atomic mass is 10.1. The molecule has 3 rings (SSSR count). The van der Waals surface area contributed by atoms with Crippen LogP contribution in [0.1, 0.15) is 11.1 Å². The van der Waals surface area contributed by atoms with Crippen molar-refractivity contribution in [3.63, 3.8) is 0 Å². The lowest BCUT2D eigenvalue weighted by molar-refractivity contribution is -0.401. The SMILES string of the molecule is O=C1/C(=C/[N+](=O)[O-])c2cc(F)ccc2N1Cc1ccccc1. The molecule has 0 unspecified atom stereocenters. The molecule has 1 heterocycles. The number of fused-ring (bicyclic) bond motifs is 1. The molecule has 0 spiro atoms. The summed E-state index contributed by atoms with van der Waals surface area (Å²) in [6.45, 7) is 0.271. The average molecular weight is 298 g/mol. The molecule has 2 aromatic carbocycles. The molecule has 0 radical (unpaired) electrons. The lowest BCUT2D eigenvalue weighted by Crippen LogP contribution is -2.25. The maximum atomic E-state index is 13.4. The largest absolute Gasteiger partial charge is 0.303 e. The second-order valence-electron chi connectivity index (χ2n) is 4.87. The molecule has 0 saturated carbocycles. The van der Waals surface area contributed by atoms with E-state index in [1.165, 1.54) is 17.0 Å². The van der Waals surface area contributed by atoms with Gasteiger partial charge in [-0.05, 0) is 23.8 Å². The fourth-order valence-corrected chi connectivity index (χ4v) is 2.48. The number of nitro groups is 1. The van der Waals surface area contributed by atoms with Crippen molar-refractivity contribution in [2.45, 2.75) is 6.54 Å². The van der Waals surface area contributed by atoms with Gasteiger partial charge in [0.25, 0.3) is 5.91 Å². The van der Waals surface area contributed by atoms with Crippen molar-refractivity contribution in [1.29, 1.82) is 0 Å². The molecule has 110 valence electrons. The number of anilines is 1. The van der Waals surface area contributed by atoms with Crippen LogP contribution in [-0.2, 0) is 11.3 Å². The van der Waals surface area contributed by atoms with Crippen molar-refractivity contribution in [3.8, 4) is 0 Å². The van der Waals surface area contributed by atoms with Gasteiger partial charge in [-0.2, -0.15) is 0 Å². The zero-order chi connectivity index (χ0) is 15.7. The van der Waals surface area contributed by atoms with Crippen LogP contribution in [0.15, 0.2) is 54.7 Å². The van der Waals surface area contributed by atoms with Crippen LogP contribution in [0.4, 0.5) is 10.1 Å². The number of amides is 1. The molecule has 2 aromatic rings. The first-order valence-corrected chi connectivity index (χ1v) is 6.57. The van der Waals surface area contributed by atoms with Gasteiger partial charge in [0.05, 0.1) is 17.2 Å². The van der Waals surface area contributed by atoms with Gasteiger partial charge >= 0.3 is 0 Å². The molecular formula is C16H11FN2O3. The normalized spacial score (nSPS) is 15.2. The number of halogens is 1. The summed E-state index contributed by atoms with van der Waals surface area (Å²) in [5, 5.41) is 10.7. The molecule has 22 heavy (non-hydrogen) atoms. The third-order valence-corrected chi connectivity index (χ3v) is 3.43. The van der Waals surface area contributed by atoms with Crippen LogP contribution in [0.25, 0.3) is 5.57 Å². The molecule has 0 saturated heterocycles. The van der Waals surface area contributed by atoms with Crippen molar-refractivity contribution < 1.29 is 14.1 Å². The molecule has 6 heteroatoms. The Hall–Kier alpha value is -3.02. The summed E-state index contributed by atoms with van der Waals surface area (Å²) >= 11 is 0. The highest BCUT2D eigenvalue weighted by Crippen LogP contribution is 2.38. The third-order valence-electron chi connectivity index (χ3n) is 3.43. The van der Waals surface area contributed by atoms with E-state index in [-0.39, 0.29) is 17.7 Å². The predicted molar refractivity (Wildman–Crippen MR) is 79.0 cm³/mol.